The van der Waals surface area contributed by atoms with Gasteiger partial charge < -0.3 is 5.11 Å². The van der Waals surface area contributed by atoms with Gasteiger partial charge >= 0.3 is 5.97 Å². The average molecular weight is 218 g/mol. The van der Waals surface area contributed by atoms with Crippen LogP contribution in [0.5, 0.6) is 0 Å². The summed E-state index contributed by atoms with van der Waals surface area (Å²) in [6.07, 6.45) is 0.0136. The zero-order valence-corrected chi connectivity index (χ0v) is 9.32. The lowest BCUT2D eigenvalue weighted by Crippen LogP contribution is -2.00. The van der Waals surface area contributed by atoms with E-state index in [2.05, 4.69) is 24.0 Å². The van der Waals surface area contributed by atoms with Crippen molar-refractivity contribution >= 4 is 16.9 Å². The van der Waals surface area contributed by atoms with Crippen molar-refractivity contribution in [1.82, 2.24) is 10.2 Å². The van der Waals surface area contributed by atoms with Crippen LogP contribution in [0.1, 0.15) is 31.0 Å². The van der Waals surface area contributed by atoms with E-state index in [4.69, 9.17) is 5.11 Å². The molecule has 0 aliphatic carbocycles. The van der Waals surface area contributed by atoms with E-state index >= 15 is 0 Å². The molecule has 4 nitrogen and oxygen atoms in total. The molecule has 16 heavy (non-hydrogen) atoms. The van der Waals surface area contributed by atoms with Crippen molar-refractivity contribution in [3.05, 3.63) is 29.5 Å². The van der Waals surface area contributed by atoms with Crippen LogP contribution in [0.25, 0.3) is 10.9 Å². The van der Waals surface area contributed by atoms with Crippen molar-refractivity contribution < 1.29 is 9.90 Å². The predicted octanol–water partition coefficient (Wildman–Crippen LogP) is 2.31. The molecule has 2 N–H and O–H groups in total. The van der Waals surface area contributed by atoms with Crippen molar-refractivity contribution in [3.63, 3.8) is 0 Å². The van der Waals surface area contributed by atoms with E-state index in [0.29, 0.717) is 5.92 Å². The van der Waals surface area contributed by atoms with Crippen LogP contribution in [0, 0.1) is 0 Å². The molecule has 1 aromatic heterocycles. The lowest BCUT2D eigenvalue weighted by atomic mass is 10.0. The molecule has 0 aliphatic rings. The first-order chi connectivity index (χ1) is 7.59. The number of aromatic amines is 1. The average Bonchev–Trinajstić information content (AvgIpc) is 2.61. The van der Waals surface area contributed by atoms with Crippen LogP contribution >= 0.6 is 0 Å². The fourth-order valence-electron chi connectivity index (χ4n) is 1.86. The highest BCUT2D eigenvalue weighted by molar-refractivity contribution is 5.87. The summed E-state index contributed by atoms with van der Waals surface area (Å²) in [6.45, 7) is 4.16. The molecule has 84 valence electrons. The Balaban J connectivity index is 2.57. The molecule has 0 aliphatic heterocycles. The minimum atomic E-state index is -0.832. The number of rotatable bonds is 3. The Bertz CT molecular complexity index is 529. The van der Waals surface area contributed by atoms with E-state index in [9.17, 15) is 4.79 Å². The highest BCUT2D eigenvalue weighted by Gasteiger charge is 2.12. The van der Waals surface area contributed by atoms with Crippen LogP contribution in [-0.4, -0.2) is 21.3 Å². The Morgan fingerprint density at radius 2 is 2.25 bits per heavy atom. The van der Waals surface area contributed by atoms with Gasteiger partial charge in [0.05, 0.1) is 11.9 Å². The number of carbonyl (C=O) groups is 1. The Labute approximate surface area is 93.3 Å². The van der Waals surface area contributed by atoms with Gasteiger partial charge in [-0.15, -0.1) is 0 Å². The van der Waals surface area contributed by atoms with Gasteiger partial charge in [0, 0.05) is 11.1 Å². The molecule has 0 amide bonds. The molecule has 0 bridgehead atoms. The second-order valence-corrected chi connectivity index (χ2v) is 4.18. The summed E-state index contributed by atoms with van der Waals surface area (Å²) in [5, 5.41) is 17.0. The van der Waals surface area contributed by atoms with Gasteiger partial charge in [-0.3, -0.25) is 9.89 Å². The Kier molecular flexibility index (Phi) is 2.64. The largest absolute Gasteiger partial charge is 0.481 e. The number of hydrogen-bond donors (Lipinski definition) is 2. The molecule has 0 saturated heterocycles. The van der Waals surface area contributed by atoms with Crippen LogP contribution < -0.4 is 0 Å². The summed E-state index contributed by atoms with van der Waals surface area (Å²) in [4.78, 5) is 10.7. The van der Waals surface area contributed by atoms with E-state index in [-0.39, 0.29) is 6.42 Å². The van der Waals surface area contributed by atoms with Crippen LogP contribution in [0.4, 0.5) is 0 Å². The van der Waals surface area contributed by atoms with Crippen molar-refractivity contribution in [2.75, 3.05) is 0 Å². The third-order valence-electron chi connectivity index (χ3n) is 2.62. The summed E-state index contributed by atoms with van der Waals surface area (Å²) >= 11 is 0. The van der Waals surface area contributed by atoms with Crippen LogP contribution in [0.2, 0.25) is 0 Å². The zero-order chi connectivity index (χ0) is 11.7. The van der Waals surface area contributed by atoms with Gasteiger partial charge in [-0.25, -0.2) is 0 Å². The molecule has 1 aromatic carbocycles. The van der Waals surface area contributed by atoms with Crippen molar-refractivity contribution in [1.29, 1.82) is 0 Å². The van der Waals surface area contributed by atoms with Gasteiger partial charge in [0.1, 0.15) is 0 Å². The van der Waals surface area contributed by atoms with Crippen molar-refractivity contribution in [2.24, 2.45) is 0 Å². The topological polar surface area (TPSA) is 66.0 Å². The van der Waals surface area contributed by atoms with Crippen LogP contribution in [0.15, 0.2) is 18.2 Å². The van der Waals surface area contributed by atoms with Gasteiger partial charge in [-0.2, -0.15) is 5.10 Å². The number of para-hydroxylation sites is 1. The number of aliphatic carboxylic acids is 1. The third-order valence-corrected chi connectivity index (χ3v) is 2.62. The van der Waals surface area contributed by atoms with Gasteiger partial charge in [0.25, 0.3) is 0 Å². The first-order valence-corrected chi connectivity index (χ1v) is 5.27. The number of nitrogens with zero attached hydrogens (tertiary/aromatic N) is 1. The molecule has 2 aromatic rings. The quantitative estimate of drug-likeness (QED) is 0.830. The number of H-pyrrole nitrogens is 1. The first-order valence-electron chi connectivity index (χ1n) is 5.27. The van der Waals surface area contributed by atoms with Crippen molar-refractivity contribution in [3.8, 4) is 0 Å². The molecular formula is C12H14N2O2. The maximum absolute atomic E-state index is 10.7. The number of aromatic nitrogens is 2. The predicted molar refractivity (Wildman–Crippen MR) is 61.5 cm³/mol. The number of nitrogens with one attached hydrogen (secondary N) is 1. The first kappa shape index (κ1) is 10.7. The molecule has 0 fully saturated rings. The van der Waals surface area contributed by atoms with Crippen LogP contribution in [0.3, 0.4) is 0 Å². The fourth-order valence-corrected chi connectivity index (χ4v) is 1.86. The molecular weight excluding hydrogens is 204 g/mol. The summed E-state index contributed by atoms with van der Waals surface area (Å²) < 4.78 is 0. The van der Waals surface area contributed by atoms with E-state index in [1.807, 2.05) is 12.1 Å². The van der Waals surface area contributed by atoms with Gasteiger partial charge in [-0.05, 0) is 11.5 Å². The van der Waals surface area contributed by atoms with E-state index in [0.717, 1.165) is 22.2 Å². The minimum Gasteiger partial charge on any atom is -0.481 e. The molecule has 1 heterocycles. The molecule has 4 heteroatoms. The second kappa shape index (κ2) is 3.96. The molecule has 0 atom stereocenters. The monoisotopic (exact) mass is 218 g/mol. The molecule has 2 rings (SSSR count). The summed E-state index contributed by atoms with van der Waals surface area (Å²) in [6, 6.07) is 5.66. The highest BCUT2D eigenvalue weighted by atomic mass is 16.4. The van der Waals surface area contributed by atoms with Gasteiger partial charge in [-0.1, -0.05) is 32.0 Å². The number of fused-ring (bicyclic) bond motifs is 1. The molecule has 0 radical (unpaired) electrons. The van der Waals surface area contributed by atoms with E-state index in [1.165, 1.54) is 0 Å². The molecule has 0 unspecified atom stereocenters. The maximum Gasteiger partial charge on any atom is 0.307 e. The Morgan fingerprint density at radius 1 is 1.50 bits per heavy atom. The smallest absolute Gasteiger partial charge is 0.307 e. The number of carboxylic acids is 1. The second-order valence-electron chi connectivity index (χ2n) is 4.18. The normalized spacial score (nSPS) is 11.2. The fraction of sp³-hybridized carbons (Fsp3) is 0.333. The lowest BCUT2D eigenvalue weighted by molar-refractivity contribution is -0.136. The third kappa shape index (κ3) is 1.78. The zero-order valence-electron chi connectivity index (χ0n) is 9.32. The lowest BCUT2D eigenvalue weighted by Gasteiger charge is -2.02. The minimum absolute atomic E-state index is 0.0136. The van der Waals surface area contributed by atoms with E-state index < -0.39 is 5.97 Å². The number of carboxylic acid groups (broad SMARTS) is 1. The Hall–Kier alpha value is -1.84. The summed E-state index contributed by atoms with van der Waals surface area (Å²) in [5.74, 6) is -0.480. The summed E-state index contributed by atoms with van der Waals surface area (Å²) in [5.41, 5.74) is 2.59. The molecule has 0 spiro atoms. The number of benzene rings is 1. The standard InChI is InChI=1S/C12H14N2O2/c1-7(2)11-9-5-3-4-8(6-10(15)16)12(9)14-13-11/h3-5,7H,6H2,1-2H3,(H,13,14)(H,15,16). The number of hydrogen-bond acceptors (Lipinski definition) is 2. The van der Waals surface area contributed by atoms with Gasteiger partial charge in [0.15, 0.2) is 0 Å². The van der Waals surface area contributed by atoms with E-state index in [1.54, 1.807) is 6.07 Å². The van der Waals surface area contributed by atoms with Gasteiger partial charge in [0.2, 0.25) is 0 Å². The maximum atomic E-state index is 10.7. The Morgan fingerprint density at radius 3 is 2.88 bits per heavy atom. The van der Waals surface area contributed by atoms with Crippen LogP contribution in [-0.2, 0) is 11.2 Å². The summed E-state index contributed by atoms with van der Waals surface area (Å²) in [7, 11) is 0. The highest BCUT2D eigenvalue weighted by Crippen LogP contribution is 2.25. The molecule has 0 saturated carbocycles. The SMILES string of the molecule is CC(C)c1[nH]nc2c(CC(=O)O)cccc12. The van der Waals surface area contributed by atoms with Crippen molar-refractivity contribution in [2.45, 2.75) is 26.2 Å².